The summed E-state index contributed by atoms with van der Waals surface area (Å²) in [6, 6.07) is -0.379. The van der Waals surface area contributed by atoms with Gasteiger partial charge in [0.15, 0.2) is 8.21 Å². The summed E-state index contributed by atoms with van der Waals surface area (Å²) in [5, 5.41) is 0. The number of carbonyl (C=O) groups is 2. The van der Waals surface area contributed by atoms with Crippen molar-refractivity contribution in [2.45, 2.75) is 2.14 Å². The number of hydrogen-bond acceptors (Lipinski definition) is 4. The van der Waals surface area contributed by atoms with Crippen LogP contribution in [0.25, 0.3) is 0 Å². The predicted molar refractivity (Wildman–Crippen MR) is 57.3 cm³/mol. The maximum absolute atomic E-state index is 10.8. The Hall–Kier alpha value is 0.670. The molecule has 0 radical (unpaired) electrons. The summed E-state index contributed by atoms with van der Waals surface area (Å²) in [6.45, 7) is -0.0801. The predicted octanol–water partition coefficient (Wildman–Crippen LogP) is 2.11. The fraction of sp³-hybridized carbons (Fsp3) is 0.600. The van der Waals surface area contributed by atoms with E-state index in [0.29, 0.717) is 0 Å². The molecule has 0 spiro atoms. The van der Waals surface area contributed by atoms with Gasteiger partial charge in [-0.15, -0.1) is 0 Å². The fourth-order valence-electron chi connectivity index (χ4n) is 0.315. The van der Waals surface area contributed by atoms with Crippen LogP contribution in [0.4, 0.5) is 0 Å². The molecule has 0 bridgehead atoms. The highest BCUT2D eigenvalue weighted by Crippen LogP contribution is 2.33. The monoisotopic (exact) mass is 400 g/mol. The number of carbonyl (C=O) groups excluding carboxylic acids is 2. The Kier molecular flexibility index (Phi) is 6.53. The Morgan fingerprint density at radius 1 is 1.15 bits per heavy atom. The van der Waals surface area contributed by atoms with E-state index in [-0.39, 0.29) is 12.7 Å². The van der Waals surface area contributed by atoms with Crippen LogP contribution in [-0.4, -0.2) is 26.8 Å². The van der Waals surface area contributed by atoms with Crippen LogP contribution in [0.5, 0.6) is 0 Å². The summed E-state index contributed by atoms with van der Waals surface area (Å²) < 4.78 is 7.95. The van der Waals surface area contributed by atoms with Crippen LogP contribution >= 0.6 is 59.4 Å². The third kappa shape index (κ3) is 7.72. The van der Waals surface area contributed by atoms with Crippen molar-refractivity contribution in [3.05, 3.63) is 0 Å². The molecule has 0 aromatic carbocycles. The Morgan fingerprint density at radius 3 is 2.00 bits per heavy atom. The topological polar surface area (TPSA) is 52.6 Å². The van der Waals surface area contributed by atoms with Crippen molar-refractivity contribution >= 4 is 71.3 Å². The van der Waals surface area contributed by atoms with E-state index < -0.39 is 14.1 Å². The Balaban J connectivity index is 3.82. The van der Waals surface area contributed by atoms with E-state index in [1.807, 2.05) is 0 Å². The van der Waals surface area contributed by atoms with Gasteiger partial charge in [0.05, 0.1) is 0 Å². The zero-order valence-corrected chi connectivity index (χ0v) is 11.6. The van der Waals surface area contributed by atoms with E-state index in [0.717, 1.165) is 0 Å². The number of halogens is 4. The van der Waals surface area contributed by atoms with E-state index in [1.165, 1.54) is 0 Å². The maximum atomic E-state index is 10.8. The van der Waals surface area contributed by atoms with Crippen molar-refractivity contribution in [1.29, 1.82) is 0 Å². The van der Waals surface area contributed by atoms with Gasteiger partial charge in [-0.3, -0.25) is 0 Å². The van der Waals surface area contributed by atoms with Crippen molar-refractivity contribution < 1.29 is 19.1 Å². The van der Waals surface area contributed by atoms with E-state index in [4.69, 9.17) is 11.6 Å². The molecule has 0 unspecified atom stereocenters. The fourth-order valence-corrected chi connectivity index (χ4v) is 0.757. The minimum atomic E-state index is -1.12. The highest BCUT2D eigenvalue weighted by Gasteiger charge is 2.24. The van der Waals surface area contributed by atoms with Crippen molar-refractivity contribution in [3.8, 4) is 0 Å². The molecule has 0 heterocycles. The Morgan fingerprint density at radius 2 is 1.62 bits per heavy atom. The zero-order chi connectivity index (χ0) is 10.5. The second kappa shape index (κ2) is 6.21. The Labute approximate surface area is 105 Å². The highest BCUT2D eigenvalue weighted by molar-refractivity contribution is 9.39. The molecular weight excluding hydrogens is 399 g/mol. The average molecular weight is 403 g/mol. The van der Waals surface area contributed by atoms with Gasteiger partial charge >= 0.3 is 11.9 Å². The number of hydrogen-bond donors (Lipinski definition) is 0. The van der Waals surface area contributed by atoms with Crippen LogP contribution in [0.3, 0.4) is 0 Å². The third-order valence-corrected chi connectivity index (χ3v) is 1.52. The van der Waals surface area contributed by atoms with Gasteiger partial charge in [0.25, 0.3) is 0 Å². The number of rotatable bonds is 2. The van der Waals surface area contributed by atoms with Gasteiger partial charge in [0.1, 0.15) is 6.61 Å². The van der Waals surface area contributed by atoms with Crippen LogP contribution in [0.2, 0.25) is 0 Å². The maximum Gasteiger partial charge on any atom is 0.418 e. The first-order valence-corrected chi connectivity index (χ1v) is 5.75. The summed E-state index contributed by atoms with van der Waals surface area (Å²) in [6.07, 6.45) is 0. The number of ether oxygens (including phenoxy) is 2. The lowest BCUT2D eigenvalue weighted by atomic mass is 10.7. The first-order valence-electron chi connectivity index (χ1n) is 2.83. The van der Waals surface area contributed by atoms with Crippen molar-refractivity contribution in [3.63, 3.8) is 0 Å². The lowest BCUT2D eigenvalue weighted by Crippen LogP contribution is -2.24. The summed E-state index contributed by atoms with van der Waals surface area (Å²) in [4.78, 5) is 21.4. The standard InChI is InChI=1S/C5H4Br3ClO4/c6-5(7,8)1-12-3(10)4(11)13-2-9/h1-2H2. The molecule has 0 aromatic rings. The second-order valence-corrected chi connectivity index (χ2v) is 9.20. The Bertz CT molecular complexity index is 202. The van der Waals surface area contributed by atoms with Crippen LogP contribution in [0.1, 0.15) is 0 Å². The lowest BCUT2D eigenvalue weighted by molar-refractivity contribution is -0.166. The van der Waals surface area contributed by atoms with E-state index >= 15 is 0 Å². The van der Waals surface area contributed by atoms with E-state index in [2.05, 4.69) is 57.3 Å². The van der Waals surface area contributed by atoms with Crippen LogP contribution in [-0.2, 0) is 19.1 Å². The van der Waals surface area contributed by atoms with Gasteiger partial charge in [0, 0.05) is 0 Å². The molecule has 8 heteroatoms. The quantitative estimate of drug-likeness (QED) is 0.403. The molecule has 0 aliphatic heterocycles. The van der Waals surface area contributed by atoms with Gasteiger partial charge < -0.3 is 9.47 Å². The van der Waals surface area contributed by atoms with E-state index in [1.54, 1.807) is 0 Å². The summed E-state index contributed by atoms with van der Waals surface area (Å²) in [5.74, 6) is -2.21. The van der Waals surface area contributed by atoms with E-state index in [9.17, 15) is 9.59 Å². The van der Waals surface area contributed by atoms with Gasteiger partial charge in [-0.1, -0.05) is 59.4 Å². The SMILES string of the molecule is O=C(OCCl)C(=O)OCC(Br)(Br)Br. The van der Waals surface area contributed by atoms with Gasteiger partial charge in [-0.2, -0.15) is 0 Å². The molecular formula is C5H4Br3ClO4. The number of alkyl halides is 4. The molecule has 76 valence electrons. The zero-order valence-electron chi connectivity index (χ0n) is 6.06. The molecule has 0 aromatic heterocycles. The molecule has 0 N–H and O–H groups in total. The summed E-state index contributed by atoms with van der Waals surface area (Å²) in [5.41, 5.74) is 0. The van der Waals surface area contributed by atoms with Crippen LogP contribution in [0, 0.1) is 0 Å². The summed E-state index contributed by atoms with van der Waals surface area (Å²) in [7, 11) is 0. The molecule has 0 atom stereocenters. The van der Waals surface area contributed by atoms with Crippen LogP contribution < -0.4 is 0 Å². The first-order chi connectivity index (χ1) is 5.87. The lowest BCUT2D eigenvalue weighted by Gasteiger charge is -2.11. The molecule has 0 saturated carbocycles. The van der Waals surface area contributed by atoms with Crippen LogP contribution in [0.15, 0.2) is 0 Å². The minimum absolute atomic E-state index is 0.0801. The van der Waals surface area contributed by atoms with Gasteiger partial charge in [0.2, 0.25) is 0 Å². The molecule has 0 aliphatic rings. The second-order valence-electron chi connectivity index (χ2n) is 1.73. The average Bonchev–Trinajstić information content (AvgIpc) is 1.99. The largest absolute Gasteiger partial charge is 0.454 e. The molecule has 0 rings (SSSR count). The molecule has 4 nitrogen and oxygen atoms in total. The first kappa shape index (κ1) is 13.7. The normalized spacial score (nSPS) is 10.8. The number of esters is 2. The van der Waals surface area contributed by atoms with Gasteiger partial charge in [-0.05, 0) is 0 Å². The summed E-state index contributed by atoms with van der Waals surface area (Å²) >= 11 is 14.3. The van der Waals surface area contributed by atoms with Crippen molar-refractivity contribution in [2.24, 2.45) is 0 Å². The molecule has 13 heavy (non-hydrogen) atoms. The molecule has 0 saturated heterocycles. The third-order valence-electron chi connectivity index (χ3n) is 0.719. The molecule has 0 aliphatic carbocycles. The smallest absolute Gasteiger partial charge is 0.418 e. The van der Waals surface area contributed by atoms with Crippen molar-refractivity contribution in [1.82, 2.24) is 0 Å². The highest BCUT2D eigenvalue weighted by atomic mass is 80.0. The molecule has 0 fully saturated rings. The molecule has 0 amide bonds. The van der Waals surface area contributed by atoms with Crippen molar-refractivity contribution in [2.75, 3.05) is 12.7 Å². The minimum Gasteiger partial charge on any atom is -0.454 e. The van der Waals surface area contributed by atoms with Gasteiger partial charge in [-0.25, -0.2) is 9.59 Å².